The lowest BCUT2D eigenvalue weighted by atomic mass is 10.1. The lowest BCUT2D eigenvalue weighted by Gasteiger charge is -2.00. The molecule has 0 spiro atoms. The summed E-state index contributed by atoms with van der Waals surface area (Å²) in [6, 6.07) is 10.6. The van der Waals surface area contributed by atoms with Crippen LogP contribution in [0.5, 0.6) is 0 Å². The van der Waals surface area contributed by atoms with Gasteiger partial charge in [-0.05, 0) is 32.3 Å². The van der Waals surface area contributed by atoms with E-state index in [0.717, 1.165) is 12.8 Å². The monoisotopic (exact) mass is 186 g/mol. The second kappa shape index (κ2) is 6.20. The van der Waals surface area contributed by atoms with Crippen molar-refractivity contribution < 1.29 is 0 Å². The van der Waals surface area contributed by atoms with E-state index in [2.05, 4.69) is 55.5 Å². The Balaban J connectivity index is 2.41. The van der Waals surface area contributed by atoms with Gasteiger partial charge in [-0.15, -0.1) is 0 Å². The molecule has 14 heavy (non-hydrogen) atoms. The largest absolute Gasteiger partial charge is 0.0877 e. The minimum absolute atomic E-state index is 1.14. The summed E-state index contributed by atoms with van der Waals surface area (Å²) in [5.74, 6) is 0. The highest BCUT2D eigenvalue weighted by atomic mass is 14.0. The van der Waals surface area contributed by atoms with E-state index in [9.17, 15) is 0 Å². The van der Waals surface area contributed by atoms with Crippen LogP contribution >= 0.6 is 0 Å². The SMILES string of the molecule is CC=CC=C(C)CCc1ccccc1. The van der Waals surface area contributed by atoms with Crippen molar-refractivity contribution in [3.8, 4) is 0 Å². The van der Waals surface area contributed by atoms with E-state index in [1.54, 1.807) is 0 Å². The molecule has 0 fully saturated rings. The van der Waals surface area contributed by atoms with Crippen LogP contribution in [0.15, 0.2) is 54.1 Å². The van der Waals surface area contributed by atoms with Crippen molar-refractivity contribution in [2.75, 3.05) is 0 Å². The number of aryl methyl sites for hydroxylation is 1. The third-order valence-electron chi connectivity index (χ3n) is 2.22. The van der Waals surface area contributed by atoms with Crippen LogP contribution in [-0.4, -0.2) is 0 Å². The molecule has 0 heterocycles. The molecule has 0 saturated carbocycles. The second-order valence-corrected chi connectivity index (χ2v) is 3.52. The van der Waals surface area contributed by atoms with E-state index in [0.29, 0.717) is 0 Å². The maximum absolute atomic E-state index is 2.18. The molecule has 0 aliphatic heterocycles. The molecule has 1 rings (SSSR count). The van der Waals surface area contributed by atoms with Crippen molar-refractivity contribution in [3.63, 3.8) is 0 Å². The molecule has 0 unspecified atom stereocenters. The van der Waals surface area contributed by atoms with Gasteiger partial charge in [-0.25, -0.2) is 0 Å². The fourth-order valence-corrected chi connectivity index (χ4v) is 1.33. The predicted octanol–water partition coefficient (Wildman–Crippen LogP) is 4.14. The topological polar surface area (TPSA) is 0 Å². The third kappa shape index (κ3) is 4.08. The first kappa shape index (κ1) is 10.8. The van der Waals surface area contributed by atoms with Crippen LogP contribution in [0.4, 0.5) is 0 Å². The van der Waals surface area contributed by atoms with Gasteiger partial charge in [0.05, 0.1) is 0 Å². The van der Waals surface area contributed by atoms with Gasteiger partial charge in [0.1, 0.15) is 0 Å². The number of allylic oxidation sites excluding steroid dienone is 4. The second-order valence-electron chi connectivity index (χ2n) is 3.52. The molecule has 0 heteroatoms. The van der Waals surface area contributed by atoms with Gasteiger partial charge in [0.15, 0.2) is 0 Å². The van der Waals surface area contributed by atoms with Gasteiger partial charge in [0, 0.05) is 0 Å². The molecule has 1 aromatic rings. The fraction of sp³-hybridized carbons (Fsp3) is 0.286. The highest BCUT2D eigenvalue weighted by Crippen LogP contribution is 2.08. The quantitative estimate of drug-likeness (QED) is 0.620. The maximum Gasteiger partial charge on any atom is -0.0241 e. The molecule has 0 radical (unpaired) electrons. The zero-order chi connectivity index (χ0) is 10.2. The van der Waals surface area contributed by atoms with Gasteiger partial charge in [0.2, 0.25) is 0 Å². The molecule has 0 aliphatic carbocycles. The third-order valence-corrected chi connectivity index (χ3v) is 2.22. The van der Waals surface area contributed by atoms with E-state index < -0.39 is 0 Å². The van der Waals surface area contributed by atoms with Gasteiger partial charge < -0.3 is 0 Å². The lowest BCUT2D eigenvalue weighted by molar-refractivity contribution is 0.941. The highest BCUT2D eigenvalue weighted by molar-refractivity contribution is 5.17. The van der Waals surface area contributed by atoms with Crippen LogP contribution in [0.3, 0.4) is 0 Å². The van der Waals surface area contributed by atoms with E-state index in [1.165, 1.54) is 11.1 Å². The van der Waals surface area contributed by atoms with E-state index in [-0.39, 0.29) is 0 Å². The smallest absolute Gasteiger partial charge is 0.0241 e. The molecule has 0 atom stereocenters. The Hall–Kier alpha value is -1.30. The predicted molar refractivity (Wildman–Crippen MR) is 63.3 cm³/mol. The zero-order valence-electron chi connectivity index (χ0n) is 9.03. The Labute approximate surface area is 87.0 Å². The summed E-state index contributed by atoms with van der Waals surface area (Å²) in [6.07, 6.45) is 8.63. The minimum atomic E-state index is 1.14. The molecule has 0 N–H and O–H groups in total. The van der Waals surface area contributed by atoms with E-state index in [1.807, 2.05) is 6.92 Å². The van der Waals surface area contributed by atoms with Crippen LogP contribution in [0.1, 0.15) is 25.8 Å². The van der Waals surface area contributed by atoms with Crippen LogP contribution in [0.2, 0.25) is 0 Å². The number of benzene rings is 1. The Morgan fingerprint density at radius 2 is 1.93 bits per heavy atom. The first-order valence-corrected chi connectivity index (χ1v) is 5.15. The summed E-state index contributed by atoms with van der Waals surface area (Å²) < 4.78 is 0. The van der Waals surface area contributed by atoms with Gasteiger partial charge in [0.25, 0.3) is 0 Å². The highest BCUT2D eigenvalue weighted by Gasteiger charge is 1.92. The van der Waals surface area contributed by atoms with Crippen molar-refractivity contribution in [2.45, 2.75) is 26.7 Å². The normalized spacial score (nSPS) is 12.3. The van der Waals surface area contributed by atoms with Gasteiger partial charge in [-0.1, -0.05) is 54.1 Å². The van der Waals surface area contributed by atoms with Crippen LogP contribution in [0, 0.1) is 0 Å². The molecule has 1 aromatic carbocycles. The molecule has 0 aromatic heterocycles. The number of hydrogen-bond donors (Lipinski definition) is 0. The Morgan fingerprint density at radius 1 is 1.21 bits per heavy atom. The molecule has 0 saturated heterocycles. The first-order valence-electron chi connectivity index (χ1n) is 5.15. The van der Waals surface area contributed by atoms with Crippen molar-refractivity contribution in [1.82, 2.24) is 0 Å². The van der Waals surface area contributed by atoms with Crippen molar-refractivity contribution in [3.05, 3.63) is 59.7 Å². The molecular weight excluding hydrogens is 168 g/mol. The van der Waals surface area contributed by atoms with E-state index in [4.69, 9.17) is 0 Å². The Bertz CT molecular complexity index is 304. The first-order chi connectivity index (χ1) is 6.83. The summed E-state index contributed by atoms with van der Waals surface area (Å²) in [6.45, 7) is 4.23. The standard InChI is InChI=1S/C14H18/c1-3-4-8-13(2)11-12-14-9-6-5-7-10-14/h3-10H,11-12H2,1-2H3. The maximum atomic E-state index is 2.18. The van der Waals surface area contributed by atoms with Gasteiger partial charge in [-0.3, -0.25) is 0 Å². The fourth-order valence-electron chi connectivity index (χ4n) is 1.33. The number of rotatable bonds is 4. The molecule has 0 aliphatic rings. The molecular formula is C14H18. The molecule has 74 valence electrons. The zero-order valence-corrected chi connectivity index (χ0v) is 9.03. The average molecular weight is 186 g/mol. The summed E-state index contributed by atoms with van der Waals surface area (Å²) in [5.41, 5.74) is 2.85. The molecule has 0 nitrogen and oxygen atoms in total. The molecule has 0 amide bonds. The Morgan fingerprint density at radius 3 is 2.57 bits per heavy atom. The van der Waals surface area contributed by atoms with E-state index >= 15 is 0 Å². The van der Waals surface area contributed by atoms with Crippen LogP contribution in [0.25, 0.3) is 0 Å². The molecule has 0 bridgehead atoms. The minimum Gasteiger partial charge on any atom is -0.0877 e. The van der Waals surface area contributed by atoms with Gasteiger partial charge >= 0.3 is 0 Å². The summed E-state index contributed by atoms with van der Waals surface area (Å²) in [7, 11) is 0. The van der Waals surface area contributed by atoms with Crippen LogP contribution in [-0.2, 0) is 6.42 Å². The van der Waals surface area contributed by atoms with Crippen LogP contribution < -0.4 is 0 Å². The van der Waals surface area contributed by atoms with Gasteiger partial charge in [-0.2, -0.15) is 0 Å². The summed E-state index contributed by atoms with van der Waals surface area (Å²) >= 11 is 0. The number of hydrogen-bond acceptors (Lipinski definition) is 0. The average Bonchev–Trinajstić information content (AvgIpc) is 2.25. The Kier molecular flexibility index (Phi) is 4.77. The van der Waals surface area contributed by atoms with Crippen molar-refractivity contribution >= 4 is 0 Å². The summed E-state index contributed by atoms with van der Waals surface area (Å²) in [4.78, 5) is 0. The summed E-state index contributed by atoms with van der Waals surface area (Å²) in [5, 5.41) is 0. The van der Waals surface area contributed by atoms with Crippen molar-refractivity contribution in [2.24, 2.45) is 0 Å². The lowest BCUT2D eigenvalue weighted by Crippen LogP contribution is -1.85. The van der Waals surface area contributed by atoms with Crippen molar-refractivity contribution in [1.29, 1.82) is 0 Å².